The molecule has 1 heterocycles. The highest BCUT2D eigenvalue weighted by Crippen LogP contribution is 2.60. The molecule has 1 amide bonds. The molecule has 3 fully saturated rings. The number of benzene rings is 3. The maximum atomic E-state index is 13.7. The molecule has 0 radical (unpaired) electrons. The lowest BCUT2D eigenvalue weighted by Crippen LogP contribution is -2.55. The van der Waals surface area contributed by atoms with Crippen LogP contribution in [0, 0.1) is 17.2 Å². The summed E-state index contributed by atoms with van der Waals surface area (Å²) in [6.45, 7) is 2.10. The number of carbonyl (C=O) groups is 3. The third-order valence-corrected chi connectivity index (χ3v) is 9.93. The van der Waals surface area contributed by atoms with Crippen LogP contribution in [0.2, 0.25) is 0 Å². The number of β-lactam (4-membered cyclic amide) rings is 1. The van der Waals surface area contributed by atoms with E-state index in [9.17, 15) is 29.0 Å². The number of Topliss-reactive ketones (excluding diaryl/α,β-unsaturated/α-hetero) is 1. The average Bonchev–Trinajstić information content (AvgIpc) is 3.96. The first-order valence-electron chi connectivity index (χ1n) is 15.2. The van der Waals surface area contributed by atoms with Gasteiger partial charge < -0.3 is 20.2 Å². The molecule has 0 aromatic heterocycles. The lowest BCUT2D eigenvalue weighted by molar-refractivity contribution is -0.154. The number of aromatic hydroxyl groups is 1. The van der Waals surface area contributed by atoms with E-state index in [1.165, 1.54) is 17.7 Å². The summed E-state index contributed by atoms with van der Waals surface area (Å²) < 4.78 is 13.7. The van der Waals surface area contributed by atoms with E-state index >= 15 is 0 Å². The highest BCUT2D eigenvalue weighted by atomic mass is 19.1. The van der Waals surface area contributed by atoms with Gasteiger partial charge in [0.05, 0.1) is 12.0 Å². The van der Waals surface area contributed by atoms with Gasteiger partial charge in [-0.05, 0) is 98.0 Å². The van der Waals surface area contributed by atoms with Crippen LogP contribution in [0.1, 0.15) is 68.2 Å². The molecule has 2 saturated carbocycles. The second kappa shape index (κ2) is 11.3. The Balaban J connectivity index is 1.26. The molecule has 0 spiro atoms. The molecule has 3 aromatic rings. The van der Waals surface area contributed by atoms with E-state index in [0.717, 1.165) is 29.5 Å². The molecule has 228 valence electrons. The highest BCUT2D eigenvalue weighted by molar-refractivity contribution is 6.05. The maximum absolute atomic E-state index is 13.7. The zero-order chi connectivity index (χ0) is 31.2. The van der Waals surface area contributed by atoms with Gasteiger partial charge in [0.1, 0.15) is 11.6 Å². The number of aliphatic carboxylic acids is 1. The fourth-order valence-electron chi connectivity index (χ4n) is 6.89. The van der Waals surface area contributed by atoms with E-state index in [1.54, 1.807) is 29.2 Å². The van der Waals surface area contributed by atoms with E-state index in [0.29, 0.717) is 37.8 Å². The zero-order valence-electron chi connectivity index (χ0n) is 24.6. The first kappa shape index (κ1) is 29.8. The predicted molar refractivity (Wildman–Crippen MR) is 163 cm³/mol. The molecule has 2 aliphatic carbocycles. The fraction of sp³-hybridized carbons (Fsp3) is 0.361. The summed E-state index contributed by atoms with van der Waals surface area (Å²) in [5.41, 5.74) is 3.90. The molecule has 1 saturated heterocycles. The number of allylic oxidation sites excluding steroid dienone is 2. The SMILES string of the molecule is CCc1ccc(C2(CCC3C(=O)N(c4ccc(F)cc4)C3c3ccc(O)cc3)C/C2=C/CC2(C(=O)C(O)C(=O)O)CC2)cc1. The molecule has 3 N–H and O–H groups in total. The van der Waals surface area contributed by atoms with Gasteiger partial charge in [-0.25, -0.2) is 9.18 Å². The van der Waals surface area contributed by atoms with Crippen molar-refractivity contribution in [1.82, 2.24) is 0 Å². The Hall–Kier alpha value is -4.30. The van der Waals surface area contributed by atoms with Gasteiger partial charge in [0, 0.05) is 16.5 Å². The van der Waals surface area contributed by atoms with Crippen molar-refractivity contribution in [3.05, 3.63) is 107 Å². The summed E-state index contributed by atoms with van der Waals surface area (Å²) in [4.78, 5) is 39.3. The molecule has 8 heteroatoms. The van der Waals surface area contributed by atoms with Crippen molar-refractivity contribution in [1.29, 1.82) is 0 Å². The van der Waals surface area contributed by atoms with Gasteiger partial charge in [-0.2, -0.15) is 0 Å². The number of carbonyl (C=O) groups excluding carboxylic acids is 2. The number of nitrogens with zero attached hydrogens (tertiary/aromatic N) is 1. The molecule has 0 bridgehead atoms. The van der Waals surface area contributed by atoms with Crippen LogP contribution in [0.3, 0.4) is 0 Å². The van der Waals surface area contributed by atoms with Crippen LogP contribution in [0.4, 0.5) is 10.1 Å². The van der Waals surface area contributed by atoms with Gasteiger partial charge >= 0.3 is 5.97 Å². The number of aliphatic hydroxyl groups excluding tert-OH is 1. The number of aryl methyl sites for hydroxylation is 1. The predicted octanol–water partition coefficient (Wildman–Crippen LogP) is 6.03. The summed E-state index contributed by atoms with van der Waals surface area (Å²) in [6, 6.07) is 21.0. The number of anilines is 1. The number of carboxylic acid groups (broad SMARTS) is 1. The molecule has 4 atom stereocenters. The minimum Gasteiger partial charge on any atom is -0.508 e. The third kappa shape index (κ3) is 5.32. The van der Waals surface area contributed by atoms with E-state index in [-0.39, 0.29) is 34.8 Å². The van der Waals surface area contributed by atoms with Gasteiger partial charge in [-0.1, -0.05) is 55.0 Å². The van der Waals surface area contributed by atoms with E-state index in [1.807, 2.05) is 12.1 Å². The summed E-state index contributed by atoms with van der Waals surface area (Å²) in [5.74, 6) is -2.75. The number of aliphatic hydroxyl groups is 1. The lowest BCUT2D eigenvalue weighted by atomic mass is 9.76. The lowest BCUT2D eigenvalue weighted by Gasteiger charge is -2.48. The normalized spacial score (nSPS) is 24.9. The van der Waals surface area contributed by atoms with Gasteiger partial charge in [0.15, 0.2) is 5.78 Å². The Morgan fingerprint density at radius 1 is 1.02 bits per heavy atom. The number of carboxylic acids is 1. The number of phenolic OH excluding ortho intramolecular Hbond substituents is 1. The van der Waals surface area contributed by atoms with Gasteiger partial charge in [-0.15, -0.1) is 0 Å². The third-order valence-electron chi connectivity index (χ3n) is 9.93. The Morgan fingerprint density at radius 3 is 2.27 bits per heavy atom. The summed E-state index contributed by atoms with van der Waals surface area (Å²) in [5, 5.41) is 28.9. The second-order valence-electron chi connectivity index (χ2n) is 12.5. The highest BCUT2D eigenvalue weighted by Gasteiger charge is 2.56. The summed E-state index contributed by atoms with van der Waals surface area (Å²) in [6.07, 6.45) is 4.53. The van der Waals surface area contributed by atoms with Crippen molar-refractivity contribution in [3.63, 3.8) is 0 Å². The standard InChI is InChI=1S/C36H36FNO6/c1-2-22-3-7-24(8-4-22)36(21-25(36)15-17-35(19-20-35)32(41)31(40)34(43)44)18-16-29-30(23-5-13-28(39)14-6-23)38(33(29)42)27-11-9-26(37)10-12-27/h3-15,29-31,39-40H,2,16-21H2,1H3,(H,43,44)/b25-15-. The first-order chi connectivity index (χ1) is 21.1. The molecule has 6 rings (SSSR count). The topological polar surface area (TPSA) is 115 Å². The molecule has 4 unspecified atom stereocenters. The Bertz CT molecular complexity index is 1610. The maximum Gasteiger partial charge on any atom is 0.340 e. The van der Waals surface area contributed by atoms with Crippen molar-refractivity contribution in [3.8, 4) is 5.75 Å². The Morgan fingerprint density at radius 2 is 1.68 bits per heavy atom. The number of amides is 1. The van der Waals surface area contributed by atoms with E-state index < -0.39 is 23.3 Å². The van der Waals surface area contributed by atoms with Crippen LogP contribution in [-0.4, -0.2) is 39.1 Å². The van der Waals surface area contributed by atoms with E-state index in [4.69, 9.17) is 5.11 Å². The smallest absolute Gasteiger partial charge is 0.340 e. The van der Waals surface area contributed by atoms with Crippen molar-refractivity contribution in [2.24, 2.45) is 11.3 Å². The van der Waals surface area contributed by atoms with Gasteiger partial charge in [0.25, 0.3) is 0 Å². The first-order valence-corrected chi connectivity index (χ1v) is 15.2. The number of halogens is 1. The molecule has 44 heavy (non-hydrogen) atoms. The summed E-state index contributed by atoms with van der Waals surface area (Å²) in [7, 11) is 0. The van der Waals surface area contributed by atoms with Crippen LogP contribution in [-0.2, 0) is 26.2 Å². The minimum atomic E-state index is -2.01. The number of hydrogen-bond donors (Lipinski definition) is 3. The summed E-state index contributed by atoms with van der Waals surface area (Å²) >= 11 is 0. The monoisotopic (exact) mass is 597 g/mol. The van der Waals surface area contributed by atoms with Crippen LogP contribution < -0.4 is 4.90 Å². The molecular formula is C36H36FNO6. The average molecular weight is 598 g/mol. The quantitative estimate of drug-likeness (QED) is 0.133. The minimum absolute atomic E-state index is 0.0393. The van der Waals surface area contributed by atoms with Crippen LogP contribution in [0.5, 0.6) is 5.75 Å². The Labute approximate surface area is 255 Å². The molecule has 3 aromatic carbocycles. The second-order valence-corrected chi connectivity index (χ2v) is 12.5. The van der Waals surface area contributed by atoms with Crippen LogP contribution >= 0.6 is 0 Å². The van der Waals surface area contributed by atoms with Gasteiger partial charge in [-0.3, -0.25) is 9.59 Å². The molecule has 7 nitrogen and oxygen atoms in total. The van der Waals surface area contributed by atoms with Crippen molar-refractivity contribution >= 4 is 23.3 Å². The van der Waals surface area contributed by atoms with Crippen LogP contribution in [0.25, 0.3) is 0 Å². The zero-order valence-corrected chi connectivity index (χ0v) is 24.6. The van der Waals surface area contributed by atoms with E-state index in [2.05, 4.69) is 37.3 Å². The fourth-order valence-corrected chi connectivity index (χ4v) is 6.89. The largest absolute Gasteiger partial charge is 0.508 e. The number of ketones is 1. The van der Waals surface area contributed by atoms with Crippen molar-refractivity contribution in [2.45, 2.75) is 69.4 Å². The molecule has 3 aliphatic rings. The van der Waals surface area contributed by atoms with Crippen LogP contribution in [0.15, 0.2) is 84.4 Å². The van der Waals surface area contributed by atoms with Crippen molar-refractivity contribution in [2.75, 3.05) is 4.90 Å². The van der Waals surface area contributed by atoms with Crippen molar-refractivity contribution < 1.29 is 34.1 Å². The number of hydrogen-bond acceptors (Lipinski definition) is 5. The Kier molecular flexibility index (Phi) is 7.66. The van der Waals surface area contributed by atoms with Gasteiger partial charge in [0.2, 0.25) is 12.0 Å². The number of phenols is 1. The molecule has 1 aliphatic heterocycles. The molecular weight excluding hydrogens is 561 g/mol. The number of rotatable bonds is 12.